The van der Waals surface area contributed by atoms with Crippen molar-refractivity contribution in [2.24, 2.45) is 0 Å². The zero-order chi connectivity index (χ0) is 11.4. The zero-order valence-electron chi connectivity index (χ0n) is 8.59. The van der Waals surface area contributed by atoms with Crippen LogP contribution in [0.5, 0.6) is 0 Å². The van der Waals surface area contributed by atoms with E-state index in [0.29, 0.717) is 5.88 Å². The van der Waals surface area contributed by atoms with Crippen molar-refractivity contribution in [2.45, 2.75) is 22.5 Å². The van der Waals surface area contributed by atoms with Crippen molar-refractivity contribution in [1.29, 1.82) is 0 Å². The first kappa shape index (κ1) is 13.1. The summed E-state index contributed by atoms with van der Waals surface area (Å²) in [6.07, 6.45) is 2.02. The third-order valence-corrected chi connectivity index (χ3v) is 4.28. The molecule has 0 N–H and O–H groups in total. The maximum absolute atomic E-state index is 11.3. The number of rotatable bonds is 4. The number of alkyl halides is 2. The summed E-state index contributed by atoms with van der Waals surface area (Å²) in [6, 6.07) is 6.00. The summed E-state index contributed by atoms with van der Waals surface area (Å²) in [6.45, 7) is 1.57. The molecule has 0 aliphatic rings. The minimum atomic E-state index is -0.248. The van der Waals surface area contributed by atoms with Crippen LogP contribution >= 0.6 is 39.3 Å². The van der Waals surface area contributed by atoms with E-state index in [1.54, 1.807) is 18.7 Å². The Kier molecular flexibility index (Phi) is 5.16. The molecule has 0 fully saturated rings. The van der Waals surface area contributed by atoms with Crippen molar-refractivity contribution >= 4 is 45.1 Å². The predicted molar refractivity (Wildman–Crippen MR) is 70.1 cm³/mol. The molecule has 1 atom stereocenters. The largest absolute Gasteiger partial charge is 0.298 e. The molecular weight excluding hydrogens is 296 g/mol. The molecule has 0 aliphatic heterocycles. The van der Waals surface area contributed by atoms with Crippen LogP contribution in [0.4, 0.5) is 0 Å². The van der Waals surface area contributed by atoms with Crippen molar-refractivity contribution in [1.82, 2.24) is 0 Å². The number of hydrogen-bond donors (Lipinski definition) is 0. The maximum Gasteiger partial charge on any atom is 0.147 e. The van der Waals surface area contributed by atoms with Gasteiger partial charge in [-0.3, -0.25) is 4.79 Å². The summed E-state index contributed by atoms with van der Waals surface area (Å²) in [5.41, 5.74) is 1.98. The second-order valence-corrected chi connectivity index (χ2v) is 5.23. The minimum Gasteiger partial charge on any atom is -0.298 e. The third kappa shape index (κ3) is 3.23. The first-order chi connectivity index (χ1) is 7.10. The number of carbonyl (C=O) groups excluding carboxylic acids is 1. The third-order valence-electron chi connectivity index (χ3n) is 2.12. The van der Waals surface area contributed by atoms with Crippen LogP contribution in [-0.2, 0) is 10.7 Å². The van der Waals surface area contributed by atoms with Crippen LogP contribution < -0.4 is 0 Å². The topological polar surface area (TPSA) is 17.1 Å². The smallest absolute Gasteiger partial charge is 0.147 e. The van der Waals surface area contributed by atoms with Crippen molar-refractivity contribution in [3.05, 3.63) is 29.3 Å². The van der Waals surface area contributed by atoms with E-state index in [1.807, 2.05) is 24.5 Å². The van der Waals surface area contributed by atoms with Gasteiger partial charge in [-0.15, -0.1) is 23.4 Å². The zero-order valence-corrected chi connectivity index (χ0v) is 11.7. The van der Waals surface area contributed by atoms with E-state index in [0.717, 1.165) is 16.0 Å². The average molecular weight is 308 g/mol. The molecular formula is C11H12BrClOS. The van der Waals surface area contributed by atoms with E-state index in [1.165, 1.54) is 0 Å². The first-order valence-electron chi connectivity index (χ1n) is 4.47. The Morgan fingerprint density at radius 2 is 2.27 bits per heavy atom. The van der Waals surface area contributed by atoms with E-state index < -0.39 is 0 Å². The Hall–Kier alpha value is 0.01000. The van der Waals surface area contributed by atoms with Crippen LogP contribution in [0.1, 0.15) is 22.9 Å². The van der Waals surface area contributed by atoms with Gasteiger partial charge in [0.15, 0.2) is 0 Å². The lowest BCUT2D eigenvalue weighted by Gasteiger charge is -2.12. The summed E-state index contributed by atoms with van der Waals surface area (Å²) < 4.78 is 0. The van der Waals surface area contributed by atoms with Gasteiger partial charge in [-0.1, -0.05) is 22.0 Å². The minimum absolute atomic E-state index is 0.0956. The van der Waals surface area contributed by atoms with Crippen molar-refractivity contribution in [3.63, 3.8) is 0 Å². The van der Waals surface area contributed by atoms with Crippen molar-refractivity contribution < 1.29 is 4.79 Å². The van der Waals surface area contributed by atoms with Crippen LogP contribution in [0, 0.1) is 0 Å². The van der Waals surface area contributed by atoms with Crippen LogP contribution in [0.3, 0.4) is 0 Å². The van der Waals surface area contributed by atoms with Gasteiger partial charge in [-0.05, 0) is 36.4 Å². The lowest BCUT2D eigenvalue weighted by atomic mass is 10.0. The number of halogens is 2. The SMILES string of the molecule is CSc1ccc(C(Br)C(C)=O)c(CCl)c1. The molecule has 1 aromatic rings. The number of benzene rings is 1. The number of ketones is 1. The Morgan fingerprint density at radius 1 is 1.60 bits per heavy atom. The molecule has 0 spiro atoms. The second kappa shape index (κ2) is 5.92. The Morgan fingerprint density at radius 3 is 2.73 bits per heavy atom. The molecule has 0 aliphatic carbocycles. The fourth-order valence-corrected chi connectivity index (χ4v) is 2.43. The highest BCUT2D eigenvalue weighted by atomic mass is 79.9. The molecule has 1 unspecified atom stereocenters. The quantitative estimate of drug-likeness (QED) is 0.613. The number of thioether (sulfide) groups is 1. The lowest BCUT2D eigenvalue weighted by molar-refractivity contribution is -0.116. The number of hydrogen-bond acceptors (Lipinski definition) is 2. The summed E-state index contributed by atoms with van der Waals surface area (Å²) in [5.74, 6) is 0.525. The van der Waals surface area contributed by atoms with Gasteiger partial charge in [0, 0.05) is 10.8 Å². The average Bonchev–Trinajstić information content (AvgIpc) is 2.27. The van der Waals surface area contributed by atoms with Gasteiger partial charge in [-0.2, -0.15) is 0 Å². The highest BCUT2D eigenvalue weighted by Crippen LogP contribution is 2.30. The molecule has 0 radical (unpaired) electrons. The Bertz CT molecular complexity index is 368. The fraction of sp³-hybridized carbons (Fsp3) is 0.364. The Labute approximate surface area is 108 Å². The summed E-state index contributed by atoms with van der Waals surface area (Å²) in [7, 11) is 0. The van der Waals surface area contributed by atoms with E-state index >= 15 is 0 Å². The van der Waals surface area contributed by atoms with Gasteiger partial charge in [0.2, 0.25) is 0 Å². The lowest BCUT2D eigenvalue weighted by Crippen LogP contribution is -2.04. The monoisotopic (exact) mass is 306 g/mol. The summed E-state index contributed by atoms with van der Waals surface area (Å²) >= 11 is 10.9. The molecule has 0 saturated heterocycles. The van der Waals surface area contributed by atoms with Crippen LogP contribution in [0.25, 0.3) is 0 Å². The molecule has 82 valence electrons. The van der Waals surface area contributed by atoms with Crippen molar-refractivity contribution in [3.8, 4) is 0 Å². The van der Waals surface area contributed by atoms with Crippen molar-refractivity contribution in [2.75, 3.05) is 6.26 Å². The van der Waals surface area contributed by atoms with Gasteiger partial charge < -0.3 is 0 Å². The summed E-state index contributed by atoms with van der Waals surface area (Å²) in [5, 5.41) is 0. The van der Waals surface area contributed by atoms with Gasteiger partial charge in [-0.25, -0.2) is 0 Å². The number of carbonyl (C=O) groups is 1. The molecule has 1 nitrogen and oxygen atoms in total. The molecule has 4 heteroatoms. The standard InChI is InChI=1S/C11H12BrClOS/c1-7(14)11(12)10-4-3-9(15-2)5-8(10)6-13/h3-5,11H,6H2,1-2H3. The van der Waals surface area contributed by atoms with Gasteiger partial charge >= 0.3 is 0 Å². The normalized spacial score (nSPS) is 12.5. The van der Waals surface area contributed by atoms with E-state index in [-0.39, 0.29) is 10.6 Å². The first-order valence-corrected chi connectivity index (χ1v) is 7.15. The molecule has 0 heterocycles. The van der Waals surface area contributed by atoms with Gasteiger partial charge in [0.25, 0.3) is 0 Å². The molecule has 15 heavy (non-hydrogen) atoms. The highest BCUT2D eigenvalue weighted by Gasteiger charge is 2.16. The molecule has 0 amide bonds. The molecule has 1 aromatic carbocycles. The molecule has 0 bridgehead atoms. The van der Waals surface area contributed by atoms with Gasteiger partial charge in [0.1, 0.15) is 5.78 Å². The molecule has 0 aromatic heterocycles. The van der Waals surface area contributed by atoms with Crippen LogP contribution in [0.2, 0.25) is 0 Å². The number of Topliss-reactive ketones (excluding diaryl/α,β-unsaturated/α-hetero) is 1. The van der Waals surface area contributed by atoms with E-state index in [4.69, 9.17) is 11.6 Å². The summed E-state index contributed by atoms with van der Waals surface area (Å²) in [4.78, 5) is 12.2. The van der Waals surface area contributed by atoms with E-state index in [2.05, 4.69) is 15.9 Å². The molecule has 1 rings (SSSR count). The van der Waals surface area contributed by atoms with Crippen LogP contribution in [-0.4, -0.2) is 12.0 Å². The fourth-order valence-electron chi connectivity index (χ4n) is 1.29. The van der Waals surface area contributed by atoms with Gasteiger partial charge in [0.05, 0.1) is 4.83 Å². The van der Waals surface area contributed by atoms with Crippen LogP contribution in [0.15, 0.2) is 23.1 Å². The Balaban J connectivity index is 3.12. The highest BCUT2D eigenvalue weighted by molar-refractivity contribution is 9.09. The second-order valence-electron chi connectivity index (χ2n) is 3.17. The molecule has 0 saturated carbocycles. The predicted octanol–water partition coefficient (Wildman–Crippen LogP) is 4.17. The van der Waals surface area contributed by atoms with E-state index in [9.17, 15) is 4.79 Å². The maximum atomic E-state index is 11.3.